The van der Waals surface area contributed by atoms with Crippen LogP contribution in [0.5, 0.6) is 0 Å². The average molecular weight is 367 g/mol. The molecule has 2 amide bonds. The van der Waals surface area contributed by atoms with E-state index < -0.39 is 0 Å². The fourth-order valence-electron chi connectivity index (χ4n) is 2.98. The van der Waals surface area contributed by atoms with Crippen LogP contribution in [0.25, 0.3) is 0 Å². The molecule has 1 atom stereocenters. The summed E-state index contributed by atoms with van der Waals surface area (Å²) in [6, 6.07) is -0.368. The van der Waals surface area contributed by atoms with Gasteiger partial charge in [0.2, 0.25) is 11.8 Å². The zero-order chi connectivity index (χ0) is 18.6. The van der Waals surface area contributed by atoms with Crippen LogP contribution >= 0.6 is 11.3 Å². The summed E-state index contributed by atoms with van der Waals surface area (Å²) >= 11 is 1.63. The molecule has 0 unspecified atom stereocenters. The highest BCUT2D eigenvalue weighted by atomic mass is 32.1. The molecule has 1 saturated heterocycles. The molecular formula is C18H30N4O2S. The molecular weight excluding hydrogens is 336 g/mol. The molecule has 0 aromatic carbocycles. The van der Waals surface area contributed by atoms with Gasteiger partial charge < -0.3 is 10.2 Å². The lowest BCUT2D eigenvalue weighted by Gasteiger charge is -2.36. The van der Waals surface area contributed by atoms with Gasteiger partial charge >= 0.3 is 0 Å². The van der Waals surface area contributed by atoms with E-state index in [0.29, 0.717) is 24.9 Å². The second-order valence-corrected chi connectivity index (χ2v) is 8.37. The van der Waals surface area contributed by atoms with Gasteiger partial charge in [-0.1, -0.05) is 27.7 Å². The number of carbonyl (C=O) groups is 2. The summed E-state index contributed by atoms with van der Waals surface area (Å²) < 4.78 is 0. The normalized spacial score (nSPS) is 18.7. The maximum absolute atomic E-state index is 12.6. The fourth-order valence-corrected chi connectivity index (χ4v) is 3.81. The van der Waals surface area contributed by atoms with Gasteiger partial charge in [-0.2, -0.15) is 0 Å². The highest BCUT2D eigenvalue weighted by Crippen LogP contribution is 2.20. The van der Waals surface area contributed by atoms with Gasteiger partial charge in [-0.25, -0.2) is 4.98 Å². The Morgan fingerprint density at radius 2 is 2.16 bits per heavy atom. The third-order valence-corrected chi connectivity index (χ3v) is 5.49. The lowest BCUT2D eigenvalue weighted by Crippen LogP contribution is -2.57. The number of amides is 2. The van der Waals surface area contributed by atoms with Crippen LogP contribution in [-0.4, -0.2) is 59.3 Å². The second kappa shape index (κ2) is 8.76. The highest BCUT2D eigenvalue weighted by Gasteiger charge is 2.32. The van der Waals surface area contributed by atoms with Gasteiger partial charge in [-0.3, -0.25) is 14.5 Å². The standard InChI is InChI=1S/C18H30N4O2S/c1-12(2)9-22-7-6-19-17(24)15(22)8-16(23)21(5)10-14-11-25-18(20-14)13(3)4/h11-13,15H,6-10H2,1-5H3,(H,19,24)/t15-/m0/s1. The summed E-state index contributed by atoms with van der Waals surface area (Å²) in [5.41, 5.74) is 0.914. The molecule has 6 nitrogen and oxygen atoms in total. The predicted molar refractivity (Wildman–Crippen MR) is 101 cm³/mol. The molecule has 0 radical (unpaired) electrons. The van der Waals surface area contributed by atoms with E-state index in [0.717, 1.165) is 23.8 Å². The Kier molecular flexibility index (Phi) is 6.95. The Balaban J connectivity index is 1.96. The molecule has 1 fully saturated rings. The lowest BCUT2D eigenvalue weighted by molar-refractivity contribution is -0.138. The number of piperazine rings is 1. The van der Waals surface area contributed by atoms with Crippen molar-refractivity contribution >= 4 is 23.2 Å². The minimum absolute atomic E-state index is 0.0186. The molecule has 2 rings (SSSR count). The summed E-state index contributed by atoms with van der Waals surface area (Å²) in [5.74, 6) is 0.806. The van der Waals surface area contributed by atoms with Crippen LogP contribution in [0, 0.1) is 5.92 Å². The largest absolute Gasteiger partial charge is 0.353 e. The van der Waals surface area contributed by atoms with Crippen LogP contribution in [0.1, 0.15) is 50.7 Å². The monoisotopic (exact) mass is 366 g/mol. The minimum atomic E-state index is -0.368. The lowest BCUT2D eigenvalue weighted by atomic mass is 10.1. The van der Waals surface area contributed by atoms with E-state index in [1.807, 2.05) is 5.38 Å². The number of nitrogens with one attached hydrogen (secondary N) is 1. The van der Waals surface area contributed by atoms with E-state index in [2.05, 4.69) is 42.9 Å². The van der Waals surface area contributed by atoms with E-state index >= 15 is 0 Å². The summed E-state index contributed by atoms with van der Waals surface area (Å²) in [5, 5.41) is 5.98. The van der Waals surface area contributed by atoms with Crippen molar-refractivity contribution in [2.45, 2.75) is 52.6 Å². The zero-order valence-electron chi connectivity index (χ0n) is 15.9. The third-order valence-electron chi connectivity index (χ3n) is 4.30. The van der Waals surface area contributed by atoms with Crippen LogP contribution in [0.3, 0.4) is 0 Å². The van der Waals surface area contributed by atoms with Crippen LogP contribution in [-0.2, 0) is 16.1 Å². The maximum atomic E-state index is 12.6. The highest BCUT2D eigenvalue weighted by molar-refractivity contribution is 7.09. The van der Waals surface area contributed by atoms with Crippen LogP contribution in [0.2, 0.25) is 0 Å². The van der Waals surface area contributed by atoms with E-state index in [-0.39, 0.29) is 24.3 Å². The molecule has 1 aromatic rings. The van der Waals surface area contributed by atoms with Gasteiger partial charge in [0.25, 0.3) is 0 Å². The Bertz CT molecular complexity index is 600. The van der Waals surface area contributed by atoms with E-state index in [9.17, 15) is 9.59 Å². The number of hydrogen-bond donors (Lipinski definition) is 1. The molecule has 1 aliphatic heterocycles. The number of aromatic nitrogens is 1. The molecule has 1 aromatic heterocycles. The second-order valence-electron chi connectivity index (χ2n) is 7.48. The minimum Gasteiger partial charge on any atom is -0.353 e. The quantitative estimate of drug-likeness (QED) is 0.802. The number of carbonyl (C=O) groups excluding carboxylic acids is 2. The van der Waals surface area contributed by atoms with E-state index in [1.165, 1.54) is 0 Å². The van der Waals surface area contributed by atoms with Crippen LogP contribution in [0.15, 0.2) is 5.38 Å². The molecule has 140 valence electrons. The third kappa shape index (κ3) is 5.51. The summed E-state index contributed by atoms with van der Waals surface area (Å²) in [4.78, 5) is 33.3. The van der Waals surface area contributed by atoms with Crippen molar-refractivity contribution in [3.05, 3.63) is 16.1 Å². The Labute approximate surface area is 154 Å². The Morgan fingerprint density at radius 1 is 1.44 bits per heavy atom. The van der Waals surface area contributed by atoms with Crippen molar-refractivity contribution in [3.8, 4) is 0 Å². The molecule has 1 N–H and O–H groups in total. The van der Waals surface area contributed by atoms with Crippen molar-refractivity contribution in [1.29, 1.82) is 0 Å². The van der Waals surface area contributed by atoms with Crippen molar-refractivity contribution in [2.24, 2.45) is 5.92 Å². The number of thiazole rings is 1. The SMILES string of the molecule is CC(C)CN1CCNC(=O)[C@@H]1CC(=O)N(C)Cc1csc(C(C)C)n1. The zero-order valence-corrected chi connectivity index (χ0v) is 16.7. The van der Waals surface area contributed by atoms with Gasteiger partial charge in [0.1, 0.15) is 0 Å². The van der Waals surface area contributed by atoms with Crippen LogP contribution in [0.4, 0.5) is 0 Å². The number of hydrogen-bond acceptors (Lipinski definition) is 5. The van der Waals surface area contributed by atoms with Crippen LogP contribution < -0.4 is 5.32 Å². The van der Waals surface area contributed by atoms with Crippen molar-refractivity contribution in [1.82, 2.24) is 20.1 Å². The maximum Gasteiger partial charge on any atom is 0.237 e. The summed E-state index contributed by atoms with van der Waals surface area (Å²) in [6.07, 6.45) is 0.218. The summed E-state index contributed by atoms with van der Waals surface area (Å²) in [7, 11) is 1.78. The Morgan fingerprint density at radius 3 is 2.76 bits per heavy atom. The van der Waals surface area contributed by atoms with E-state index in [1.54, 1.807) is 23.3 Å². The first-order valence-corrected chi connectivity index (χ1v) is 9.86. The summed E-state index contributed by atoms with van der Waals surface area (Å²) in [6.45, 7) is 11.3. The first-order valence-electron chi connectivity index (χ1n) is 8.98. The molecule has 0 aliphatic carbocycles. The van der Waals surface area contributed by atoms with E-state index in [4.69, 9.17) is 0 Å². The van der Waals surface area contributed by atoms with Crippen molar-refractivity contribution < 1.29 is 9.59 Å². The first kappa shape index (κ1) is 19.8. The Hall–Kier alpha value is -1.47. The molecule has 0 saturated carbocycles. The van der Waals surface area contributed by atoms with Crippen molar-refractivity contribution in [2.75, 3.05) is 26.7 Å². The van der Waals surface area contributed by atoms with Gasteiger partial charge in [-0.05, 0) is 5.92 Å². The van der Waals surface area contributed by atoms with Gasteiger partial charge in [-0.15, -0.1) is 11.3 Å². The number of rotatable bonds is 7. The topological polar surface area (TPSA) is 65.5 Å². The fraction of sp³-hybridized carbons (Fsp3) is 0.722. The smallest absolute Gasteiger partial charge is 0.237 e. The van der Waals surface area contributed by atoms with Crippen molar-refractivity contribution in [3.63, 3.8) is 0 Å². The predicted octanol–water partition coefficient (Wildman–Crippen LogP) is 2.07. The molecule has 0 spiro atoms. The molecule has 7 heteroatoms. The van der Waals surface area contributed by atoms with Gasteiger partial charge in [0.05, 0.1) is 29.7 Å². The van der Waals surface area contributed by atoms with Gasteiger partial charge in [0.15, 0.2) is 0 Å². The first-order chi connectivity index (χ1) is 11.8. The molecule has 2 heterocycles. The molecule has 1 aliphatic rings. The van der Waals surface area contributed by atoms with Gasteiger partial charge in [0, 0.05) is 38.0 Å². The number of nitrogens with zero attached hydrogens (tertiary/aromatic N) is 3. The molecule has 25 heavy (non-hydrogen) atoms. The molecule has 0 bridgehead atoms. The average Bonchev–Trinajstić information content (AvgIpc) is 2.98.